The first kappa shape index (κ1) is 8.73. The van der Waals surface area contributed by atoms with Crippen molar-refractivity contribution in [3.05, 3.63) is 24.0 Å². The Balaban J connectivity index is 2.36. The highest BCUT2D eigenvalue weighted by Crippen LogP contribution is 2.31. The van der Waals surface area contributed by atoms with E-state index in [2.05, 4.69) is 4.98 Å². The van der Waals surface area contributed by atoms with Gasteiger partial charge in [0.1, 0.15) is 17.1 Å². The molecule has 3 rings (SSSR count). The van der Waals surface area contributed by atoms with Crippen LogP contribution in [0, 0.1) is 0 Å². The number of hydrogen-bond acceptors (Lipinski definition) is 3. The Kier molecular flexibility index (Phi) is 1.73. The number of para-hydroxylation sites is 1. The van der Waals surface area contributed by atoms with Crippen molar-refractivity contribution in [1.29, 1.82) is 0 Å². The topological polar surface area (TPSA) is 64.1 Å². The minimum Gasteiger partial charge on any atom is -0.506 e. The van der Waals surface area contributed by atoms with Crippen molar-refractivity contribution >= 4 is 11.0 Å². The molecule has 15 heavy (non-hydrogen) atoms. The van der Waals surface area contributed by atoms with Crippen molar-refractivity contribution in [2.24, 2.45) is 5.73 Å². The average Bonchev–Trinajstić information content (AvgIpc) is 2.59. The molecule has 1 unspecified atom stereocenters. The third-order valence-electron chi connectivity index (χ3n) is 3.00. The Labute approximate surface area is 87.3 Å². The molecule has 78 valence electrons. The summed E-state index contributed by atoms with van der Waals surface area (Å²) in [7, 11) is 0. The summed E-state index contributed by atoms with van der Waals surface area (Å²) in [6.07, 6.45) is 2.03. The quantitative estimate of drug-likeness (QED) is 0.682. The molecule has 4 heteroatoms. The number of rotatable bonds is 0. The number of fused-ring (bicyclic) bond motifs is 3. The number of imidazole rings is 1. The number of aromatic hydroxyl groups is 1. The minimum atomic E-state index is 0.00514. The summed E-state index contributed by atoms with van der Waals surface area (Å²) in [5.74, 6) is 1.19. The average molecular weight is 203 g/mol. The van der Waals surface area contributed by atoms with Gasteiger partial charge in [0.05, 0.1) is 11.6 Å². The number of nitrogens with two attached hydrogens (primary N) is 1. The molecule has 0 radical (unpaired) electrons. The van der Waals surface area contributed by atoms with Crippen molar-refractivity contribution in [1.82, 2.24) is 9.55 Å². The van der Waals surface area contributed by atoms with E-state index >= 15 is 0 Å². The lowest BCUT2D eigenvalue weighted by molar-refractivity contribution is 0.447. The summed E-state index contributed by atoms with van der Waals surface area (Å²) in [5.41, 5.74) is 7.65. The molecule has 1 aliphatic heterocycles. The first-order valence-electron chi connectivity index (χ1n) is 5.21. The Morgan fingerprint density at radius 2 is 2.33 bits per heavy atom. The highest BCUT2D eigenvalue weighted by Gasteiger charge is 2.22. The molecule has 1 aromatic heterocycles. The van der Waals surface area contributed by atoms with E-state index in [-0.39, 0.29) is 6.04 Å². The van der Waals surface area contributed by atoms with Crippen LogP contribution in [-0.4, -0.2) is 14.7 Å². The molecule has 1 aromatic carbocycles. The molecule has 0 saturated heterocycles. The van der Waals surface area contributed by atoms with Crippen LogP contribution in [0.15, 0.2) is 18.2 Å². The van der Waals surface area contributed by atoms with E-state index in [9.17, 15) is 5.11 Å². The fourth-order valence-electron chi connectivity index (χ4n) is 2.29. The van der Waals surface area contributed by atoms with Crippen LogP contribution in [0.1, 0.15) is 24.7 Å². The van der Waals surface area contributed by atoms with Crippen LogP contribution >= 0.6 is 0 Å². The molecular formula is C11H13N3O. The van der Waals surface area contributed by atoms with Crippen molar-refractivity contribution in [2.75, 3.05) is 0 Å². The number of aromatic nitrogens is 2. The van der Waals surface area contributed by atoms with Gasteiger partial charge in [-0.3, -0.25) is 0 Å². The molecule has 2 heterocycles. The smallest absolute Gasteiger partial charge is 0.141 e. The van der Waals surface area contributed by atoms with Crippen LogP contribution < -0.4 is 5.73 Å². The first-order chi connectivity index (χ1) is 7.27. The van der Waals surface area contributed by atoms with Gasteiger partial charge in [0.25, 0.3) is 0 Å². The van der Waals surface area contributed by atoms with Gasteiger partial charge in [-0.25, -0.2) is 4.98 Å². The molecule has 0 amide bonds. The van der Waals surface area contributed by atoms with Crippen molar-refractivity contribution in [3.63, 3.8) is 0 Å². The van der Waals surface area contributed by atoms with E-state index in [1.165, 1.54) is 0 Å². The normalized spacial score (nSPS) is 20.5. The molecule has 0 aliphatic carbocycles. The van der Waals surface area contributed by atoms with Crippen molar-refractivity contribution < 1.29 is 5.11 Å². The van der Waals surface area contributed by atoms with E-state index in [1.807, 2.05) is 16.7 Å². The third kappa shape index (κ3) is 1.15. The second-order valence-electron chi connectivity index (χ2n) is 4.02. The third-order valence-corrected chi connectivity index (χ3v) is 3.00. The summed E-state index contributed by atoms with van der Waals surface area (Å²) < 4.78 is 2.04. The van der Waals surface area contributed by atoms with Gasteiger partial charge in [-0.1, -0.05) is 6.07 Å². The zero-order valence-electron chi connectivity index (χ0n) is 8.35. The summed E-state index contributed by atoms with van der Waals surface area (Å²) in [5, 5.41) is 9.80. The number of hydrogen-bond donors (Lipinski definition) is 2. The van der Waals surface area contributed by atoms with Crippen molar-refractivity contribution in [2.45, 2.75) is 25.4 Å². The molecular weight excluding hydrogens is 190 g/mol. The lowest BCUT2D eigenvalue weighted by Crippen LogP contribution is -2.22. The monoisotopic (exact) mass is 203 g/mol. The number of aryl methyl sites for hydroxylation is 1. The molecule has 3 N–H and O–H groups in total. The Morgan fingerprint density at radius 3 is 3.20 bits per heavy atom. The minimum absolute atomic E-state index is 0.00514. The fourth-order valence-corrected chi connectivity index (χ4v) is 2.29. The molecule has 2 aromatic rings. The highest BCUT2D eigenvalue weighted by atomic mass is 16.3. The van der Waals surface area contributed by atoms with E-state index in [1.54, 1.807) is 6.07 Å². The van der Waals surface area contributed by atoms with Gasteiger partial charge in [0, 0.05) is 6.54 Å². The first-order valence-corrected chi connectivity index (χ1v) is 5.21. The summed E-state index contributed by atoms with van der Waals surface area (Å²) in [6, 6.07) is 5.41. The van der Waals surface area contributed by atoms with Gasteiger partial charge in [-0.15, -0.1) is 0 Å². The van der Waals surface area contributed by atoms with Crippen LogP contribution in [0.2, 0.25) is 0 Å². The van der Waals surface area contributed by atoms with Crippen LogP contribution in [0.3, 0.4) is 0 Å². The Hall–Kier alpha value is -1.55. The molecule has 1 atom stereocenters. The maximum atomic E-state index is 9.80. The second kappa shape index (κ2) is 2.97. The zero-order valence-corrected chi connectivity index (χ0v) is 8.35. The van der Waals surface area contributed by atoms with E-state index in [4.69, 9.17) is 5.73 Å². The highest BCUT2D eigenvalue weighted by molar-refractivity contribution is 5.82. The van der Waals surface area contributed by atoms with E-state index in [0.29, 0.717) is 5.75 Å². The van der Waals surface area contributed by atoms with E-state index in [0.717, 1.165) is 36.2 Å². The number of phenolic OH excluding ortho intramolecular Hbond substituents is 1. The Morgan fingerprint density at radius 1 is 1.47 bits per heavy atom. The van der Waals surface area contributed by atoms with Gasteiger partial charge in [-0.2, -0.15) is 0 Å². The van der Waals surface area contributed by atoms with Crippen LogP contribution in [0.5, 0.6) is 5.75 Å². The zero-order chi connectivity index (χ0) is 10.4. The number of benzene rings is 1. The van der Waals surface area contributed by atoms with Gasteiger partial charge >= 0.3 is 0 Å². The van der Waals surface area contributed by atoms with Crippen LogP contribution in [0.25, 0.3) is 11.0 Å². The fraction of sp³-hybridized carbons (Fsp3) is 0.364. The van der Waals surface area contributed by atoms with Crippen LogP contribution in [0.4, 0.5) is 0 Å². The second-order valence-corrected chi connectivity index (χ2v) is 4.02. The van der Waals surface area contributed by atoms with Gasteiger partial charge < -0.3 is 15.4 Å². The maximum absolute atomic E-state index is 9.80. The lowest BCUT2D eigenvalue weighted by atomic mass is 10.1. The van der Waals surface area contributed by atoms with Gasteiger partial charge in [-0.05, 0) is 25.0 Å². The van der Waals surface area contributed by atoms with Crippen LogP contribution in [-0.2, 0) is 6.54 Å². The molecule has 0 spiro atoms. The van der Waals surface area contributed by atoms with Crippen molar-refractivity contribution in [3.8, 4) is 5.75 Å². The SMILES string of the molecule is NC1CCCn2c1nc1cccc(O)c12. The number of phenols is 1. The summed E-state index contributed by atoms with van der Waals surface area (Å²) in [4.78, 5) is 4.47. The van der Waals surface area contributed by atoms with E-state index < -0.39 is 0 Å². The standard InChI is InChI=1S/C11H13N3O/c12-7-3-2-6-14-10-8(13-11(7)14)4-1-5-9(10)15/h1,4-5,7,15H,2-3,6,12H2. The summed E-state index contributed by atoms with van der Waals surface area (Å²) >= 11 is 0. The largest absolute Gasteiger partial charge is 0.506 e. The summed E-state index contributed by atoms with van der Waals surface area (Å²) in [6.45, 7) is 0.900. The molecule has 0 bridgehead atoms. The van der Waals surface area contributed by atoms with Gasteiger partial charge in [0.15, 0.2) is 0 Å². The molecule has 0 fully saturated rings. The predicted octanol–water partition coefficient (Wildman–Crippen LogP) is 1.54. The molecule has 0 saturated carbocycles. The molecule has 1 aliphatic rings. The lowest BCUT2D eigenvalue weighted by Gasteiger charge is -2.20. The molecule has 4 nitrogen and oxygen atoms in total. The number of nitrogens with zero attached hydrogens (tertiary/aromatic N) is 2. The Bertz CT molecular complexity index is 518. The maximum Gasteiger partial charge on any atom is 0.141 e. The van der Waals surface area contributed by atoms with Gasteiger partial charge in [0.2, 0.25) is 0 Å². The predicted molar refractivity (Wildman–Crippen MR) is 57.6 cm³/mol.